The summed E-state index contributed by atoms with van der Waals surface area (Å²) in [6.45, 7) is -0.799. The SMILES string of the molecule is O=C1O[C@@H](C(O)CO)C(O)=C1O[P+](O)(O)O. The minimum Gasteiger partial charge on any atom is -0.505 e. The molecule has 0 amide bonds. The molecule has 0 spiro atoms. The van der Waals surface area contributed by atoms with E-state index in [1.807, 2.05) is 0 Å². The van der Waals surface area contributed by atoms with Crippen LogP contribution < -0.4 is 0 Å². The van der Waals surface area contributed by atoms with Gasteiger partial charge in [0.25, 0.3) is 0 Å². The molecule has 92 valence electrons. The van der Waals surface area contributed by atoms with Gasteiger partial charge in [-0.2, -0.15) is 14.7 Å². The van der Waals surface area contributed by atoms with Gasteiger partial charge in [-0.15, -0.1) is 0 Å². The van der Waals surface area contributed by atoms with Crippen molar-refractivity contribution >= 4 is 14.1 Å². The number of carbonyl (C=O) groups is 1. The molecule has 0 aromatic rings. The maximum atomic E-state index is 11.0. The summed E-state index contributed by atoms with van der Waals surface area (Å²) >= 11 is 0. The Hall–Kier alpha value is -0.960. The third-order valence-electron chi connectivity index (χ3n) is 1.67. The van der Waals surface area contributed by atoms with Crippen LogP contribution in [0.2, 0.25) is 0 Å². The molecule has 0 fully saturated rings. The first-order chi connectivity index (χ1) is 7.26. The largest absolute Gasteiger partial charge is 0.614 e. The quantitative estimate of drug-likeness (QED) is 0.241. The van der Waals surface area contributed by atoms with E-state index in [1.165, 1.54) is 0 Å². The van der Waals surface area contributed by atoms with Crippen LogP contribution in [0.15, 0.2) is 11.5 Å². The summed E-state index contributed by atoms with van der Waals surface area (Å²) in [5.74, 6) is -3.25. The highest BCUT2D eigenvalue weighted by atomic mass is 31.2. The Bertz CT molecular complexity index is 318. The molecule has 1 aliphatic heterocycles. The van der Waals surface area contributed by atoms with Crippen LogP contribution in [-0.2, 0) is 14.1 Å². The van der Waals surface area contributed by atoms with Crippen LogP contribution in [0.1, 0.15) is 0 Å². The van der Waals surface area contributed by atoms with Crippen molar-refractivity contribution in [1.82, 2.24) is 0 Å². The number of hydrogen-bond acceptors (Lipinski definition) is 9. The van der Waals surface area contributed by atoms with E-state index < -0.39 is 44.5 Å². The molecule has 1 heterocycles. The van der Waals surface area contributed by atoms with Gasteiger partial charge in [0, 0.05) is 0 Å². The van der Waals surface area contributed by atoms with Gasteiger partial charge in [0.1, 0.15) is 6.10 Å². The van der Waals surface area contributed by atoms with Crippen molar-refractivity contribution in [2.24, 2.45) is 0 Å². The van der Waals surface area contributed by atoms with Crippen molar-refractivity contribution in [3.05, 3.63) is 11.5 Å². The fraction of sp³-hybridized carbons (Fsp3) is 0.500. The van der Waals surface area contributed by atoms with Crippen molar-refractivity contribution < 1.29 is 44.1 Å². The number of ether oxygens (including phenoxy) is 1. The van der Waals surface area contributed by atoms with E-state index >= 15 is 0 Å². The fourth-order valence-electron chi connectivity index (χ4n) is 1.02. The third kappa shape index (κ3) is 2.79. The maximum Gasteiger partial charge on any atom is 0.614 e. The molecular weight excluding hydrogens is 247 g/mol. The molecule has 1 rings (SSSR count). The molecule has 10 heteroatoms. The normalized spacial score (nSPS) is 23.3. The summed E-state index contributed by atoms with van der Waals surface area (Å²) < 4.78 is 8.36. The Morgan fingerprint density at radius 3 is 2.44 bits per heavy atom. The van der Waals surface area contributed by atoms with Crippen molar-refractivity contribution in [2.45, 2.75) is 12.2 Å². The van der Waals surface area contributed by atoms with Gasteiger partial charge in [-0.25, -0.2) is 9.32 Å². The molecular formula is C6H10O9P+. The summed E-state index contributed by atoms with van der Waals surface area (Å²) in [6.07, 6.45) is -3.16. The summed E-state index contributed by atoms with van der Waals surface area (Å²) in [5, 5.41) is 27.0. The number of aliphatic hydroxyl groups is 3. The molecule has 1 unspecified atom stereocenters. The maximum absolute atomic E-state index is 11.0. The summed E-state index contributed by atoms with van der Waals surface area (Å²) in [7, 11) is -4.77. The number of aliphatic hydroxyl groups excluding tert-OH is 3. The predicted octanol–water partition coefficient (Wildman–Crippen LogP) is -2.29. The Labute approximate surface area is 89.5 Å². The topological polar surface area (TPSA) is 157 Å². The molecule has 0 saturated carbocycles. The first kappa shape index (κ1) is 13.1. The molecule has 1 aliphatic rings. The van der Waals surface area contributed by atoms with Gasteiger partial charge in [-0.05, 0) is 0 Å². The first-order valence-corrected chi connectivity index (χ1v) is 5.52. The van der Waals surface area contributed by atoms with Crippen molar-refractivity contribution in [1.29, 1.82) is 0 Å². The molecule has 0 aromatic heterocycles. The van der Waals surface area contributed by atoms with Crippen LogP contribution in [-0.4, -0.2) is 54.8 Å². The van der Waals surface area contributed by atoms with Gasteiger partial charge in [-0.1, -0.05) is 0 Å². The average Bonchev–Trinajstić information content (AvgIpc) is 2.42. The van der Waals surface area contributed by atoms with Crippen molar-refractivity contribution in [3.63, 3.8) is 0 Å². The molecule has 0 aliphatic carbocycles. The second kappa shape index (κ2) is 4.50. The van der Waals surface area contributed by atoms with E-state index in [9.17, 15) is 9.90 Å². The van der Waals surface area contributed by atoms with Crippen LogP contribution in [0.5, 0.6) is 0 Å². The van der Waals surface area contributed by atoms with Crippen LogP contribution in [0, 0.1) is 0 Å². The molecule has 0 bridgehead atoms. The Balaban J connectivity index is 2.89. The van der Waals surface area contributed by atoms with E-state index in [-0.39, 0.29) is 0 Å². The van der Waals surface area contributed by atoms with Crippen LogP contribution in [0.3, 0.4) is 0 Å². The molecule has 9 nitrogen and oxygen atoms in total. The zero-order valence-electron chi connectivity index (χ0n) is 7.72. The van der Waals surface area contributed by atoms with Crippen molar-refractivity contribution in [2.75, 3.05) is 6.61 Å². The van der Waals surface area contributed by atoms with E-state index in [2.05, 4.69) is 9.26 Å². The highest BCUT2D eigenvalue weighted by molar-refractivity contribution is 7.53. The average molecular weight is 257 g/mol. The number of rotatable bonds is 4. The standard InChI is InChI=1S/C6H9O9P/c7-1-2(8)4-3(9)5(6(10)14-4)15-16(11,12)13/h2,4,7-8,11-13H,1H2/p+1/t2?,4-/m0/s1. The highest BCUT2D eigenvalue weighted by Crippen LogP contribution is 2.49. The highest BCUT2D eigenvalue weighted by Gasteiger charge is 2.48. The number of hydrogen-bond donors (Lipinski definition) is 6. The zero-order valence-corrected chi connectivity index (χ0v) is 8.61. The van der Waals surface area contributed by atoms with Gasteiger partial charge in [0.05, 0.1) is 6.61 Å². The lowest BCUT2D eigenvalue weighted by Gasteiger charge is -2.13. The molecule has 2 atom stereocenters. The van der Waals surface area contributed by atoms with Gasteiger partial charge in [0.15, 0.2) is 11.9 Å². The Morgan fingerprint density at radius 2 is 2.00 bits per heavy atom. The van der Waals surface area contributed by atoms with Crippen LogP contribution >= 0.6 is 8.17 Å². The lowest BCUT2D eigenvalue weighted by molar-refractivity contribution is -0.147. The minimum atomic E-state index is -4.77. The van der Waals surface area contributed by atoms with Gasteiger partial charge >= 0.3 is 19.9 Å². The number of esters is 1. The molecule has 0 saturated heterocycles. The predicted molar refractivity (Wildman–Crippen MR) is 47.3 cm³/mol. The minimum absolute atomic E-state index is 0.799. The monoisotopic (exact) mass is 257 g/mol. The van der Waals surface area contributed by atoms with Crippen LogP contribution in [0.4, 0.5) is 0 Å². The number of carbonyl (C=O) groups excluding carboxylic acids is 1. The Morgan fingerprint density at radius 1 is 1.44 bits per heavy atom. The third-order valence-corrected chi connectivity index (χ3v) is 2.10. The zero-order chi connectivity index (χ0) is 12.5. The van der Waals surface area contributed by atoms with E-state index in [1.54, 1.807) is 0 Å². The van der Waals surface area contributed by atoms with E-state index in [4.69, 9.17) is 24.9 Å². The van der Waals surface area contributed by atoms with E-state index in [0.29, 0.717) is 0 Å². The van der Waals surface area contributed by atoms with Gasteiger partial charge in [-0.3, -0.25) is 0 Å². The van der Waals surface area contributed by atoms with E-state index in [0.717, 1.165) is 0 Å². The summed E-state index contributed by atoms with van der Waals surface area (Å²) in [6, 6.07) is 0. The summed E-state index contributed by atoms with van der Waals surface area (Å²) in [5.41, 5.74) is 0. The van der Waals surface area contributed by atoms with Crippen molar-refractivity contribution in [3.8, 4) is 0 Å². The second-order valence-electron chi connectivity index (χ2n) is 2.89. The second-order valence-corrected chi connectivity index (χ2v) is 4.10. The first-order valence-electron chi connectivity index (χ1n) is 3.96. The molecule has 16 heavy (non-hydrogen) atoms. The summed E-state index contributed by atoms with van der Waals surface area (Å²) in [4.78, 5) is 36.6. The Kier molecular flexibility index (Phi) is 3.68. The lowest BCUT2D eigenvalue weighted by Crippen LogP contribution is -2.31. The number of cyclic esters (lactones) is 1. The molecule has 0 radical (unpaired) electrons. The molecule has 6 N–H and O–H groups in total. The van der Waals surface area contributed by atoms with Crippen LogP contribution in [0.25, 0.3) is 0 Å². The fourth-order valence-corrected chi connectivity index (χ4v) is 1.43. The van der Waals surface area contributed by atoms with Gasteiger partial charge in [0.2, 0.25) is 0 Å². The molecule has 0 aromatic carbocycles. The lowest BCUT2D eigenvalue weighted by atomic mass is 10.2. The van der Waals surface area contributed by atoms with Gasteiger partial charge < -0.3 is 20.1 Å². The smallest absolute Gasteiger partial charge is 0.505 e.